The maximum atomic E-state index is 12.2. The molecule has 1 aliphatic heterocycles. The van der Waals surface area contributed by atoms with Gasteiger partial charge in [-0.05, 0) is 30.9 Å². The Morgan fingerprint density at radius 3 is 2.86 bits per heavy atom. The lowest BCUT2D eigenvalue weighted by atomic mass is 10.0. The van der Waals surface area contributed by atoms with Gasteiger partial charge in [0.2, 0.25) is 11.8 Å². The van der Waals surface area contributed by atoms with Crippen molar-refractivity contribution in [1.82, 2.24) is 10.6 Å². The summed E-state index contributed by atoms with van der Waals surface area (Å²) in [6.45, 7) is 1.20. The number of hydrogen-bond donors (Lipinski definition) is 3. The third kappa shape index (κ3) is 3.54. The first-order valence-corrected chi connectivity index (χ1v) is 7.64. The Balaban J connectivity index is 1.39. The molecule has 1 unspecified atom stereocenters. The van der Waals surface area contributed by atoms with E-state index in [2.05, 4.69) is 16.0 Å². The normalized spacial score (nSPS) is 19.5. The third-order valence-electron chi connectivity index (χ3n) is 3.97. The van der Waals surface area contributed by atoms with E-state index in [1.165, 1.54) is 0 Å². The lowest BCUT2D eigenvalue weighted by molar-refractivity contribution is -0.123. The molecule has 3 N–H and O–H groups in total. The molecule has 1 heterocycles. The maximum absolute atomic E-state index is 12.2. The summed E-state index contributed by atoms with van der Waals surface area (Å²) < 4.78 is 0. The second kappa shape index (κ2) is 6.16. The number of hydrogen-bond acceptors (Lipinski definition) is 3. The van der Waals surface area contributed by atoms with Gasteiger partial charge in [0.15, 0.2) is 0 Å². The van der Waals surface area contributed by atoms with E-state index in [1.807, 2.05) is 24.3 Å². The summed E-state index contributed by atoms with van der Waals surface area (Å²) in [4.78, 5) is 23.7. The molecular weight excluding hydrogens is 266 g/mol. The van der Waals surface area contributed by atoms with Crippen LogP contribution < -0.4 is 16.0 Å². The molecular formula is C16H21N3O2. The number of amides is 2. The standard InChI is InChI=1S/C16H21N3O2/c20-15(19-11-7-8-11)6-3-9-17-16(21)13-10-18-14-5-2-1-4-12(13)14/h1-2,4-5,11,13,18H,3,6-10H2,(H,17,21)(H,19,20). The molecule has 21 heavy (non-hydrogen) atoms. The lowest BCUT2D eigenvalue weighted by Crippen LogP contribution is -2.32. The fourth-order valence-corrected chi connectivity index (χ4v) is 2.63. The van der Waals surface area contributed by atoms with Crippen LogP contribution in [-0.4, -0.2) is 30.9 Å². The predicted octanol–water partition coefficient (Wildman–Crippen LogP) is 1.37. The first-order valence-electron chi connectivity index (χ1n) is 7.64. The highest BCUT2D eigenvalue weighted by atomic mass is 16.2. The molecule has 1 aliphatic carbocycles. The summed E-state index contributed by atoms with van der Waals surface area (Å²) in [6.07, 6.45) is 3.38. The second-order valence-corrected chi connectivity index (χ2v) is 5.76. The molecule has 5 nitrogen and oxygen atoms in total. The number of fused-ring (bicyclic) bond motifs is 1. The van der Waals surface area contributed by atoms with Crippen molar-refractivity contribution in [3.63, 3.8) is 0 Å². The van der Waals surface area contributed by atoms with Crippen molar-refractivity contribution >= 4 is 17.5 Å². The molecule has 0 bridgehead atoms. The van der Waals surface area contributed by atoms with E-state index in [9.17, 15) is 9.59 Å². The average Bonchev–Trinajstić information content (AvgIpc) is 3.18. The van der Waals surface area contributed by atoms with Crippen molar-refractivity contribution in [2.45, 2.75) is 37.6 Å². The number of carbonyl (C=O) groups excluding carboxylic acids is 2. The third-order valence-corrected chi connectivity index (χ3v) is 3.97. The van der Waals surface area contributed by atoms with E-state index in [0.717, 1.165) is 24.1 Å². The fraction of sp³-hybridized carbons (Fsp3) is 0.500. The van der Waals surface area contributed by atoms with Gasteiger partial charge >= 0.3 is 0 Å². The fourth-order valence-electron chi connectivity index (χ4n) is 2.63. The first kappa shape index (κ1) is 13.9. The van der Waals surface area contributed by atoms with Gasteiger partial charge in [0, 0.05) is 31.2 Å². The van der Waals surface area contributed by atoms with E-state index >= 15 is 0 Å². The van der Waals surface area contributed by atoms with Gasteiger partial charge in [-0.3, -0.25) is 9.59 Å². The minimum atomic E-state index is -0.124. The summed E-state index contributed by atoms with van der Waals surface area (Å²) >= 11 is 0. The second-order valence-electron chi connectivity index (χ2n) is 5.76. The molecule has 1 aromatic carbocycles. The average molecular weight is 287 g/mol. The zero-order chi connectivity index (χ0) is 14.7. The number of rotatable bonds is 6. The highest BCUT2D eigenvalue weighted by molar-refractivity contribution is 5.88. The molecule has 1 aromatic rings. The summed E-state index contributed by atoms with van der Waals surface area (Å²) in [5, 5.41) is 9.12. The van der Waals surface area contributed by atoms with E-state index in [1.54, 1.807) is 0 Å². The Hall–Kier alpha value is -2.04. The SMILES string of the molecule is O=C(CCCNC(=O)C1CNc2ccccc21)NC1CC1. The molecule has 1 atom stereocenters. The van der Waals surface area contributed by atoms with Crippen molar-refractivity contribution < 1.29 is 9.59 Å². The van der Waals surface area contributed by atoms with E-state index < -0.39 is 0 Å². The van der Waals surface area contributed by atoms with E-state index in [-0.39, 0.29) is 17.7 Å². The van der Waals surface area contributed by atoms with Crippen LogP contribution in [0.2, 0.25) is 0 Å². The van der Waals surface area contributed by atoms with Crippen molar-refractivity contribution in [2.24, 2.45) is 0 Å². The molecule has 112 valence electrons. The molecule has 1 saturated carbocycles. The monoisotopic (exact) mass is 287 g/mol. The van der Waals surface area contributed by atoms with Gasteiger partial charge in [0.1, 0.15) is 0 Å². The molecule has 0 radical (unpaired) electrons. The van der Waals surface area contributed by atoms with Gasteiger partial charge < -0.3 is 16.0 Å². The summed E-state index contributed by atoms with van der Waals surface area (Å²) in [5.74, 6) is 0.0103. The molecule has 3 rings (SSSR count). The van der Waals surface area contributed by atoms with Gasteiger partial charge in [-0.2, -0.15) is 0 Å². The Bertz CT molecular complexity index is 540. The smallest absolute Gasteiger partial charge is 0.229 e. The number of carbonyl (C=O) groups is 2. The molecule has 0 spiro atoms. The molecule has 2 amide bonds. The van der Waals surface area contributed by atoms with Crippen LogP contribution in [0, 0.1) is 0 Å². The Labute approximate surface area is 124 Å². The summed E-state index contributed by atoms with van der Waals surface area (Å²) in [6, 6.07) is 8.31. The van der Waals surface area contributed by atoms with Crippen LogP contribution >= 0.6 is 0 Å². The lowest BCUT2D eigenvalue weighted by Gasteiger charge is -2.11. The highest BCUT2D eigenvalue weighted by Gasteiger charge is 2.27. The van der Waals surface area contributed by atoms with Crippen LogP contribution in [0.5, 0.6) is 0 Å². The largest absolute Gasteiger partial charge is 0.384 e. The minimum absolute atomic E-state index is 0.0371. The van der Waals surface area contributed by atoms with Gasteiger partial charge in [-0.25, -0.2) is 0 Å². The zero-order valence-electron chi connectivity index (χ0n) is 12.0. The van der Waals surface area contributed by atoms with Crippen LogP contribution in [0.25, 0.3) is 0 Å². The molecule has 5 heteroatoms. The van der Waals surface area contributed by atoms with Crippen molar-refractivity contribution in [1.29, 1.82) is 0 Å². The van der Waals surface area contributed by atoms with Crippen LogP contribution in [0.3, 0.4) is 0 Å². The Kier molecular flexibility index (Phi) is 4.08. The minimum Gasteiger partial charge on any atom is -0.384 e. The van der Waals surface area contributed by atoms with Crippen molar-refractivity contribution in [2.75, 3.05) is 18.4 Å². The number of para-hydroxylation sites is 1. The van der Waals surface area contributed by atoms with E-state index in [0.29, 0.717) is 32.0 Å². The van der Waals surface area contributed by atoms with Gasteiger partial charge in [0.05, 0.1) is 5.92 Å². The Morgan fingerprint density at radius 2 is 2.05 bits per heavy atom. The molecule has 0 aromatic heterocycles. The molecule has 1 fully saturated rings. The summed E-state index contributed by atoms with van der Waals surface area (Å²) in [7, 11) is 0. The topological polar surface area (TPSA) is 70.2 Å². The van der Waals surface area contributed by atoms with Crippen LogP contribution in [0.1, 0.15) is 37.2 Å². The van der Waals surface area contributed by atoms with E-state index in [4.69, 9.17) is 0 Å². The first-order chi connectivity index (χ1) is 10.2. The maximum Gasteiger partial charge on any atom is 0.229 e. The van der Waals surface area contributed by atoms with Crippen LogP contribution in [-0.2, 0) is 9.59 Å². The zero-order valence-corrected chi connectivity index (χ0v) is 12.0. The van der Waals surface area contributed by atoms with Gasteiger partial charge in [-0.1, -0.05) is 18.2 Å². The van der Waals surface area contributed by atoms with Gasteiger partial charge in [0.25, 0.3) is 0 Å². The number of anilines is 1. The molecule has 2 aliphatic rings. The number of benzene rings is 1. The number of nitrogens with one attached hydrogen (secondary N) is 3. The van der Waals surface area contributed by atoms with Gasteiger partial charge in [-0.15, -0.1) is 0 Å². The van der Waals surface area contributed by atoms with Crippen LogP contribution in [0.15, 0.2) is 24.3 Å². The quantitative estimate of drug-likeness (QED) is 0.692. The van der Waals surface area contributed by atoms with Crippen molar-refractivity contribution in [3.05, 3.63) is 29.8 Å². The predicted molar refractivity (Wildman–Crippen MR) is 81.1 cm³/mol. The molecule has 0 saturated heterocycles. The highest BCUT2D eigenvalue weighted by Crippen LogP contribution is 2.30. The Morgan fingerprint density at radius 1 is 1.24 bits per heavy atom. The van der Waals surface area contributed by atoms with Crippen molar-refractivity contribution in [3.8, 4) is 0 Å². The van der Waals surface area contributed by atoms with Crippen LogP contribution in [0.4, 0.5) is 5.69 Å². The summed E-state index contributed by atoms with van der Waals surface area (Å²) in [5.41, 5.74) is 2.10.